The van der Waals surface area contributed by atoms with E-state index in [2.05, 4.69) is 24.0 Å². The number of aromatic nitrogens is 1. The van der Waals surface area contributed by atoms with E-state index in [1.165, 1.54) is 9.75 Å². The summed E-state index contributed by atoms with van der Waals surface area (Å²) < 4.78 is 5.09. The van der Waals surface area contributed by atoms with Crippen molar-refractivity contribution in [1.82, 2.24) is 4.98 Å². The molecule has 1 saturated heterocycles. The maximum Gasteiger partial charge on any atom is 0.188 e. The van der Waals surface area contributed by atoms with Crippen molar-refractivity contribution in [2.75, 3.05) is 6.61 Å². The van der Waals surface area contributed by atoms with Crippen molar-refractivity contribution in [1.29, 1.82) is 0 Å². The van der Waals surface area contributed by atoms with Crippen molar-refractivity contribution >= 4 is 22.2 Å². The molecule has 0 aliphatic carbocycles. The van der Waals surface area contributed by atoms with E-state index in [4.69, 9.17) is 14.5 Å². The highest BCUT2D eigenvalue weighted by atomic mass is 32.1. The molecule has 2 aromatic heterocycles. The van der Waals surface area contributed by atoms with Gasteiger partial charge in [0.2, 0.25) is 0 Å². The van der Waals surface area contributed by atoms with E-state index in [-0.39, 0.29) is 0 Å². The molecule has 9 heteroatoms. The van der Waals surface area contributed by atoms with E-state index in [0.29, 0.717) is 5.75 Å². The van der Waals surface area contributed by atoms with Crippen LogP contribution in [0.3, 0.4) is 0 Å². The molecule has 162 valence electrons. The van der Waals surface area contributed by atoms with Crippen LogP contribution in [0, 0.1) is 0 Å². The molecule has 1 aliphatic rings. The van der Waals surface area contributed by atoms with Crippen LogP contribution in [0.25, 0.3) is 10.9 Å². The fourth-order valence-electron chi connectivity index (χ4n) is 3.61. The van der Waals surface area contributed by atoms with Gasteiger partial charge in [0, 0.05) is 33.3 Å². The van der Waals surface area contributed by atoms with Crippen LogP contribution >= 0.6 is 11.3 Å². The summed E-state index contributed by atoms with van der Waals surface area (Å²) >= 11 is 1.77. The van der Waals surface area contributed by atoms with Crippen LogP contribution in [-0.4, -0.2) is 62.7 Å². The van der Waals surface area contributed by atoms with Gasteiger partial charge in [0.05, 0.1) is 6.61 Å². The fourth-order valence-corrected chi connectivity index (χ4v) is 4.59. The Balaban J connectivity index is 1.53. The lowest BCUT2D eigenvalue weighted by molar-refractivity contribution is -0.364. The molecule has 3 heterocycles. The van der Waals surface area contributed by atoms with Crippen molar-refractivity contribution < 1.29 is 34.9 Å². The number of aliphatic hydroxyl groups excluding tert-OH is 4. The largest absolute Gasteiger partial charge is 0.394 e. The zero-order chi connectivity index (χ0) is 21.3. The molecule has 0 radical (unpaired) electrons. The molecule has 0 spiro atoms. The SMILES string of the molecule is CCc1ccc(Cc2c[nH]c3cccc(OO[C@@H]4[C@@H](O)[C@H](O)[C@@H](CO)O[C@H]4O)c23)s1. The fraction of sp³-hybridized carbons (Fsp3) is 0.429. The summed E-state index contributed by atoms with van der Waals surface area (Å²) in [7, 11) is 0. The first-order valence-electron chi connectivity index (χ1n) is 9.82. The van der Waals surface area contributed by atoms with E-state index in [9.17, 15) is 20.4 Å². The van der Waals surface area contributed by atoms with E-state index in [1.807, 2.05) is 12.3 Å². The number of fused-ring (bicyclic) bond motifs is 1. The Morgan fingerprint density at radius 1 is 1.10 bits per heavy atom. The van der Waals surface area contributed by atoms with Gasteiger partial charge < -0.3 is 35.0 Å². The van der Waals surface area contributed by atoms with Gasteiger partial charge in [-0.25, -0.2) is 0 Å². The first-order chi connectivity index (χ1) is 14.5. The number of rotatable bonds is 7. The summed E-state index contributed by atoms with van der Waals surface area (Å²) in [5, 5.41) is 40.3. The summed E-state index contributed by atoms with van der Waals surface area (Å²) in [5.74, 6) is 0.411. The number of H-pyrrole nitrogens is 1. The maximum absolute atomic E-state index is 10.2. The highest BCUT2D eigenvalue weighted by Crippen LogP contribution is 2.33. The molecule has 4 rings (SSSR count). The molecular formula is C21H25NO7S. The van der Waals surface area contributed by atoms with Crippen molar-refractivity contribution in [3.63, 3.8) is 0 Å². The number of aliphatic hydroxyl groups is 4. The first kappa shape index (κ1) is 21.3. The Labute approximate surface area is 177 Å². The number of ether oxygens (including phenoxy) is 1. The van der Waals surface area contributed by atoms with Gasteiger partial charge in [-0.2, -0.15) is 4.89 Å². The van der Waals surface area contributed by atoms with Crippen LogP contribution in [0.5, 0.6) is 5.75 Å². The van der Waals surface area contributed by atoms with Crippen LogP contribution in [0.1, 0.15) is 22.2 Å². The Kier molecular flexibility index (Phi) is 6.40. The predicted molar refractivity (Wildman–Crippen MR) is 110 cm³/mol. The first-order valence-corrected chi connectivity index (χ1v) is 10.6. The molecule has 1 fully saturated rings. The lowest BCUT2D eigenvalue weighted by atomic mass is 9.99. The van der Waals surface area contributed by atoms with E-state index in [1.54, 1.807) is 23.5 Å². The number of benzene rings is 1. The molecule has 1 aliphatic heterocycles. The second-order valence-electron chi connectivity index (χ2n) is 7.26. The van der Waals surface area contributed by atoms with Gasteiger partial charge in [-0.3, -0.25) is 0 Å². The number of thiophene rings is 1. The van der Waals surface area contributed by atoms with Crippen molar-refractivity contribution in [3.8, 4) is 5.75 Å². The van der Waals surface area contributed by atoms with Gasteiger partial charge in [-0.1, -0.05) is 13.0 Å². The number of aromatic amines is 1. The van der Waals surface area contributed by atoms with Crippen LogP contribution in [0.4, 0.5) is 0 Å². The molecule has 5 N–H and O–H groups in total. The minimum Gasteiger partial charge on any atom is -0.394 e. The van der Waals surface area contributed by atoms with Gasteiger partial charge in [-0.05, 0) is 36.2 Å². The van der Waals surface area contributed by atoms with Crippen LogP contribution in [-0.2, 0) is 22.5 Å². The van der Waals surface area contributed by atoms with Gasteiger partial charge in [0.25, 0.3) is 0 Å². The van der Waals surface area contributed by atoms with Gasteiger partial charge in [0.1, 0.15) is 18.3 Å². The van der Waals surface area contributed by atoms with E-state index < -0.39 is 37.3 Å². The third kappa shape index (κ3) is 4.10. The van der Waals surface area contributed by atoms with Crippen molar-refractivity contribution in [2.45, 2.75) is 50.5 Å². The number of nitrogens with one attached hydrogen (secondary N) is 1. The van der Waals surface area contributed by atoms with Crippen LogP contribution < -0.4 is 4.89 Å². The minimum atomic E-state index is -1.57. The van der Waals surface area contributed by atoms with Gasteiger partial charge in [0.15, 0.2) is 18.1 Å². The monoisotopic (exact) mass is 435 g/mol. The number of aryl methyl sites for hydroxylation is 1. The zero-order valence-electron chi connectivity index (χ0n) is 16.4. The summed E-state index contributed by atoms with van der Waals surface area (Å²) in [6.45, 7) is 1.58. The Hall–Kier alpha value is -1.98. The predicted octanol–water partition coefficient (Wildman–Crippen LogP) is 1.49. The Morgan fingerprint density at radius 3 is 2.63 bits per heavy atom. The quantitative estimate of drug-likeness (QED) is 0.281. The van der Waals surface area contributed by atoms with Gasteiger partial charge >= 0.3 is 0 Å². The summed E-state index contributed by atoms with van der Waals surface area (Å²) in [6, 6.07) is 9.68. The molecule has 3 aromatic rings. The highest BCUT2D eigenvalue weighted by Gasteiger charge is 2.45. The zero-order valence-corrected chi connectivity index (χ0v) is 17.2. The maximum atomic E-state index is 10.2. The summed E-state index contributed by atoms with van der Waals surface area (Å²) in [4.78, 5) is 16.5. The van der Waals surface area contributed by atoms with E-state index >= 15 is 0 Å². The number of hydrogen-bond acceptors (Lipinski definition) is 8. The molecule has 0 amide bonds. The molecule has 8 nitrogen and oxygen atoms in total. The average Bonchev–Trinajstić information content (AvgIpc) is 3.38. The summed E-state index contributed by atoms with van der Waals surface area (Å²) in [6.07, 6.45) is -3.28. The molecule has 30 heavy (non-hydrogen) atoms. The smallest absolute Gasteiger partial charge is 0.188 e. The van der Waals surface area contributed by atoms with Gasteiger partial charge in [-0.15, -0.1) is 11.3 Å². The third-order valence-electron chi connectivity index (χ3n) is 5.27. The Bertz CT molecular complexity index is 987. The van der Waals surface area contributed by atoms with Crippen molar-refractivity contribution in [2.24, 2.45) is 0 Å². The highest BCUT2D eigenvalue weighted by molar-refractivity contribution is 7.12. The third-order valence-corrected chi connectivity index (χ3v) is 6.50. The molecule has 0 bridgehead atoms. The second-order valence-corrected chi connectivity index (χ2v) is 8.52. The number of hydrogen-bond donors (Lipinski definition) is 5. The molecule has 1 aromatic carbocycles. The lowest BCUT2D eigenvalue weighted by Gasteiger charge is -2.38. The second kappa shape index (κ2) is 9.03. The molecule has 0 unspecified atom stereocenters. The average molecular weight is 435 g/mol. The standard InChI is InChI=1S/C21H25NO7S/c1-2-12-6-7-13(30-12)8-11-9-22-14-4-3-5-15(17(11)14)28-29-20-19(25)18(24)16(10-23)27-21(20)26/h3-7,9,16,18-26H,2,8,10H2,1H3/t16-,18-,19+,20-,21-/m1/s1. The molecule has 5 atom stereocenters. The molecule has 0 saturated carbocycles. The normalized spacial score (nSPS) is 26.9. The van der Waals surface area contributed by atoms with Crippen molar-refractivity contribution in [3.05, 3.63) is 51.8 Å². The lowest BCUT2D eigenvalue weighted by Crippen LogP contribution is -2.59. The van der Waals surface area contributed by atoms with E-state index in [0.717, 1.165) is 29.3 Å². The topological polar surface area (TPSA) is 124 Å². The Morgan fingerprint density at radius 2 is 1.90 bits per heavy atom. The minimum absolute atomic E-state index is 0.411. The van der Waals surface area contributed by atoms with Crippen LogP contribution in [0.2, 0.25) is 0 Å². The summed E-state index contributed by atoms with van der Waals surface area (Å²) in [5.41, 5.74) is 1.88. The van der Waals surface area contributed by atoms with Crippen LogP contribution in [0.15, 0.2) is 36.5 Å². The molecular weight excluding hydrogens is 410 g/mol.